The van der Waals surface area contributed by atoms with Crippen molar-refractivity contribution in [3.63, 3.8) is 0 Å². The van der Waals surface area contributed by atoms with Gasteiger partial charge in [-0.2, -0.15) is 0 Å². The number of piperazine rings is 1. The molecule has 1 amide bonds. The van der Waals surface area contributed by atoms with Crippen molar-refractivity contribution in [2.75, 3.05) is 37.7 Å². The average molecular weight is 378 g/mol. The van der Waals surface area contributed by atoms with Gasteiger partial charge in [0.1, 0.15) is 11.6 Å². The molecule has 1 saturated heterocycles. The summed E-state index contributed by atoms with van der Waals surface area (Å²) in [5, 5.41) is 1.94. The van der Waals surface area contributed by atoms with Crippen LogP contribution in [-0.2, 0) is 0 Å². The minimum Gasteiger partial charge on any atom is -0.493 e. The molecule has 3 aromatic rings. The normalized spacial score (nSPS) is 14.4. The largest absolute Gasteiger partial charge is 0.493 e. The van der Waals surface area contributed by atoms with Gasteiger partial charge in [0.25, 0.3) is 5.91 Å². The Labute approximate surface area is 164 Å². The maximum atomic E-state index is 13.4. The van der Waals surface area contributed by atoms with E-state index in [1.807, 2.05) is 48.2 Å². The van der Waals surface area contributed by atoms with Crippen molar-refractivity contribution in [2.45, 2.75) is 6.92 Å². The van der Waals surface area contributed by atoms with Crippen molar-refractivity contribution in [1.82, 2.24) is 4.90 Å². The summed E-state index contributed by atoms with van der Waals surface area (Å²) in [4.78, 5) is 17.4. The zero-order valence-corrected chi connectivity index (χ0v) is 15.9. The van der Waals surface area contributed by atoms with Crippen LogP contribution < -0.4 is 9.64 Å². The molecule has 0 atom stereocenters. The fourth-order valence-corrected chi connectivity index (χ4v) is 3.73. The van der Waals surface area contributed by atoms with Crippen LogP contribution in [0.4, 0.5) is 10.1 Å². The van der Waals surface area contributed by atoms with E-state index in [1.54, 1.807) is 12.1 Å². The van der Waals surface area contributed by atoms with Gasteiger partial charge >= 0.3 is 0 Å². The Morgan fingerprint density at radius 2 is 1.68 bits per heavy atom. The Morgan fingerprint density at radius 1 is 0.964 bits per heavy atom. The number of carbonyl (C=O) groups excluding carboxylic acids is 1. The lowest BCUT2D eigenvalue weighted by molar-refractivity contribution is 0.0745. The van der Waals surface area contributed by atoms with Crippen molar-refractivity contribution >= 4 is 22.4 Å². The molecule has 1 fully saturated rings. The fourth-order valence-electron chi connectivity index (χ4n) is 3.73. The van der Waals surface area contributed by atoms with E-state index >= 15 is 0 Å². The molecule has 0 spiro atoms. The lowest BCUT2D eigenvalue weighted by Gasteiger charge is -2.36. The third kappa shape index (κ3) is 3.52. The Kier molecular flexibility index (Phi) is 5.15. The van der Waals surface area contributed by atoms with Crippen molar-refractivity contribution in [1.29, 1.82) is 0 Å². The highest BCUT2D eigenvalue weighted by molar-refractivity contribution is 6.09. The van der Waals surface area contributed by atoms with Crippen molar-refractivity contribution in [3.05, 3.63) is 72.0 Å². The number of benzene rings is 3. The number of anilines is 1. The van der Waals surface area contributed by atoms with Gasteiger partial charge in [0.15, 0.2) is 0 Å². The maximum absolute atomic E-state index is 13.4. The van der Waals surface area contributed by atoms with E-state index in [4.69, 9.17) is 4.74 Å². The minimum absolute atomic E-state index is 0.000920. The van der Waals surface area contributed by atoms with E-state index in [1.165, 1.54) is 12.1 Å². The van der Waals surface area contributed by atoms with E-state index in [-0.39, 0.29) is 11.7 Å². The SMILES string of the molecule is CCOc1ccc2ccccc2c1C(=O)N1CCN(c2ccc(F)cc2)CC1. The van der Waals surface area contributed by atoms with E-state index in [9.17, 15) is 9.18 Å². The molecule has 0 unspecified atom stereocenters. The third-order valence-electron chi connectivity index (χ3n) is 5.16. The summed E-state index contributed by atoms with van der Waals surface area (Å²) in [6.07, 6.45) is 0. The zero-order chi connectivity index (χ0) is 19.5. The van der Waals surface area contributed by atoms with Gasteiger partial charge in [-0.3, -0.25) is 4.79 Å². The molecule has 5 heteroatoms. The van der Waals surface area contributed by atoms with Crippen LogP contribution in [0.15, 0.2) is 60.7 Å². The summed E-state index contributed by atoms with van der Waals surface area (Å²) in [6, 6.07) is 18.3. The first-order valence-corrected chi connectivity index (χ1v) is 9.61. The molecule has 4 rings (SSSR count). The fraction of sp³-hybridized carbons (Fsp3) is 0.261. The molecule has 4 nitrogen and oxygen atoms in total. The molecule has 0 N–H and O–H groups in total. The second-order valence-corrected chi connectivity index (χ2v) is 6.85. The molecule has 1 aliphatic rings. The van der Waals surface area contributed by atoms with Crippen molar-refractivity contribution < 1.29 is 13.9 Å². The van der Waals surface area contributed by atoms with Gasteiger partial charge in [-0.25, -0.2) is 4.39 Å². The molecule has 144 valence electrons. The predicted molar refractivity (Wildman–Crippen MR) is 110 cm³/mol. The van der Waals surface area contributed by atoms with Gasteiger partial charge in [0.05, 0.1) is 12.2 Å². The topological polar surface area (TPSA) is 32.8 Å². The molecule has 3 aromatic carbocycles. The van der Waals surface area contributed by atoms with Crippen LogP contribution in [0.1, 0.15) is 17.3 Å². The molecule has 0 aromatic heterocycles. The second-order valence-electron chi connectivity index (χ2n) is 6.85. The van der Waals surface area contributed by atoms with Crippen LogP contribution in [-0.4, -0.2) is 43.6 Å². The molecule has 0 radical (unpaired) electrons. The van der Waals surface area contributed by atoms with Crippen molar-refractivity contribution in [2.24, 2.45) is 0 Å². The van der Waals surface area contributed by atoms with E-state index in [2.05, 4.69) is 4.90 Å². The first-order valence-electron chi connectivity index (χ1n) is 9.61. The number of hydrogen-bond donors (Lipinski definition) is 0. The van der Waals surface area contributed by atoms with Crippen LogP contribution in [0, 0.1) is 5.82 Å². The summed E-state index contributed by atoms with van der Waals surface area (Å²) in [5.41, 5.74) is 1.61. The van der Waals surface area contributed by atoms with Gasteiger partial charge in [-0.05, 0) is 48.0 Å². The molecular weight excluding hydrogens is 355 g/mol. The number of nitrogens with zero attached hydrogens (tertiary/aromatic N) is 2. The Morgan fingerprint density at radius 3 is 2.39 bits per heavy atom. The highest BCUT2D eigenvalue weighted by atomic mass is 19.1. The van der Waals surface area contributed by atoms with Crippen LogP contribution in [0.3, 0.4) is 0 Å². The monoisotopic (exact) mass is 378 g/mol. The number of amides is 1. The standard InChI is InChI=1S/C23H23FN2O2/c1-2-28-21-12-7-17-5-3-4-6-20(17)22(21)23(27)26-15-13-25(14-16-26)19-10-8-18(24)9-11-19/h3-12H,2,13-16H2,1H3. The average Bonchev–Trinajstić information content (AvgIpc) is 2.74. The smallest absolute Gasteiger partial charge is 0.258 e. The van der Waals surface area contributed by atoms with Crippen LogP contribution in [0.2, 0.25) is 0 Å². The van der Waals surface area contributed by atoms with E-state index in [0.717, 1.165) is 16.5 Å². The summed E-state index contributed by atoms with van der Waals surface area (Å²) in [6.45, 7) is 5.09. The Bertz CT molecular complexity index is 980. The Hall–Kier alpha value is -3.08. The van der Waals surface area contributed by atoms with Crippen LogP contribution >= 0.6 is 0 Å². The number of hydrogen-bond acceptors (Lipinski definition) is 3. The molecule has 0 saturated carbocycles. The molecule has 28 heavy (non-hydrogen) atoms. The predicted octanol–water partition coefficient (Wildman–Crippen LogP) is 4.34. The maximum Gasteiger partial charge on any atom is 0.258 e. The van der Waals surface area contributed by atoms with Gasteiger partial charge in [0, 0.05) is 31.9 Å². The number of ether oxygens (including phenoxy) is 1. The molecule has 0 bridgehead atoms. The second kappa shape index (κ2) is 7.89. The van der Waals surface area contributed by atoms with Crippen LogP contribution in [0.5, 0.6) is 5.75 Å². The van der Waals surface area contributed by atoms with Gasteiger partial charge in [-0.1, -0.05) is 30.3 Å². The van der Waals surface area contributed by atoms with Gasteiger partial charge < -0.3 is 14.5 Å². The molecule has 1 heterocycles. The lowest BCUT2D eigenvalue weighted by Crippen LogP contribution is -2.48. The lowest BCUT2D eigenvalue weighted by atomic mass is 10.0. The summed E-state index contributed by atoms with van der Waals surface area (Å²) in [7, 11) is 0. The van der Waals surface area contributed by atoms with Crippen LogP contribution in [0.25, 0.3) is 10.8 Å². The highest BCUT2D eigenvalue weighted by Gasteiger charge is 2.26. The highest BCUT2D eigenvalue weighted by Crippen LogP contribution is 2.30. The first kappa shape index (κ1) is 18.3. The van der Waals surface area contributed by atoms with Gasteiger partial charge in [0.2, 0.25) is 0 Å². The molecule has 0 aliphatic carbocycles. The first-order chi connectivity index (χ1) is 13.7. The molecular formula is C23H23FN2O2. The summed E-state index contributed by atoms with van der Waals surface area (Å²) in [5.74, 6) is 0.392. The van der Waals surface area contributed by atoms with E-state index < -0.39 is 0 Å². The molecule has 1 aliphatic heterocycles. The van der Waals surface area contributed by atoms with E-state index in [0.29, 0.717) is 44.1 Å². The number of rotatable bonds is 4. The summed E-state index contributed by atoms with van der Waals surface area (Å²) >= 11 is 0. The number of halogens is 1. The van der Waals surface area contributed by atoms with Gasteiger partial charge in [-0.15, -0.1) is 0 Å². The minimum atomic E-state index is -0.239. The third-order valence-corrected chi connectivity index (χ3v) is 5.16. The quantitative estimate of drug-likeness (QED) is 0.677. The zero-order valence-electron chi connectivity index (χ0n) is 15.9. The Balaban J connectivity index is 1.57. The summed E-state index contributed by atoms with van der Waals surface area (Å²) < 4.78 is 18.9. The number of carbonyl (C=O) groups is 1. The van der Waals surface area contributed by atoms with Crippen molar-refractivity contribution in [3.8, 4) is 5.75 Å². The number of fused-ring (bicyclic) bond motifs is 1.